The van der Waals surface area contributed by atoms with Crippen LogP contribution >= 0.6 is 15.9 Å². The van der Waals surface area contributed by atoms with Crippen molar-refractivity contribution in [1.82, 2.24) is 9.97 Å². The van der Waals surface area contributed by atoms with E-state index in [9.17, 15) is 0 Å². The highest BCUT2D eigenvalue weighted by atomic mass is 79.9. The molecule has 4 nitrogen and oxygen atoms in total. The van der Waals surface area contributed by atoms with Crippen LogP contribution in [0.1, 0.15) is 39.5 Å². The Kier molecular flexibility index (Phi) is 5.43. The van der Waals surface area contributed by atoms with Gasteiger partial charge in [-0.05, 0) is 47.5 Å². The Hall–Kier alpha value is -0.840. The summed E-state index contributed by atoms with van der Waals surface area (Å²) in [5.41, 5.74) is 0. The Bertz CT molecular complexity index is 410. The molecule has 0 amide bonds. The van der Waals surface area contributed by atoms with Gasteiger partial charge in [0.1, 0.15) is 22.4 Å². The number of hydrogen-bond donors (Lipinski definition) is 2. The number of hydrogen-bond acceptors (Lipinski definition) is 4. The van der Waals surface area contributed by atoms with Gasteiger partial charge in [0.2, 0.25) is 0 Å². The molecule has 1 aliphatic carbocycles. The highest BCUT2D eigenvalue weighted by molar-refractivity contribution is 9.10. The van der Waals surface area contributed by atoms with E-state index in [1.807, 2.05) is 0 Å². The predicted molar refractivity (Wildman–Crippen MR) is 83.5 cm³/mol. The van der Waals surface area contributed by atoms with Crippen molar-refractivity contribution < 1.29 is 0 Å². The molecule has 1 saturated carbocycles. The standard InChI is InChI=1S/C14H23BrN4/c1-3-16-13-12(15)14(19-9-18-13)17-8-11-6-4-5-10(2)7-11/h9-11H,3-8H2,1-2H3,(H2,16,17,18,19). The van der Waals surface area contributed by atoms with Crippen molar-refractivity contribution >= 4 is 27.6 Å². The van der Waals surface area contributed by atoms with Gasteiger partial charge in [-0.3, -0.25) is 0 Å². The molecule has 0 radical (unpaired) electrons. The quantitative estimate of drug-likeness (QED) is 0.861. The first-order valence-electron chi connectivity index (χ1n) is 7.19. The molecule has 0 aliphatic heterocycles. The summed E-state index contributed by atoms with van der Waals surface area (Å²) in [7, 11) is 0. The first-order valence-corrected chi connectivity index (χ1v) is 7.98. The lowest BCUT2D eigenvalue weighted by molar-refractivity contribution is 0.293. The fraction of sp³-hybridized carbons (Fsp3) is 0.714. The zero-order valence-corrected chi connectivity index (χ0v) is 13.3. The smallest absolute Gasteiger partial charge is 0.145 e. The highest BCUT2D eigenvalue weighted by Gasteiger charge is 2.19. The molecular formula is C14H23BrN4. The van der Waals surface area contributed by atoms with E-state index in [4.69, 9.17) is 0 Å². The predicted octanol–water partition coefficient (Wildman–Crippen LogP) is 3.91. The zero-order valence-electron chi connectivity index (χ0n) is 11.7. The average molecular weight is 327 g/mol. The number of aromatic nitrogens is 2. The zero-order chi connectivity index (χ0) is 13.7. The van der Waals surface area contributed by atoms with Crippen molar-refractivity contribution in [3.05, 3.63) is 10.8 Å². The van der Waals surface area contributed by atoms with Crippen molar-refractivity contribution in [3.8, 4) is 0 Å². The fourth-order valence-corrected chi connectivity index (χ4v) is 3.26. The molecule has 2 rings (SSSR count). The monoisotopic (exact) mass is 326 g/mol. The fourth-order valence-electron chi connectivity index (χ4n) is 2.77. The van der Waals surface area contributed by atoms with Gasteiger partial charge in [0.25, 0.3) is 0 Å². The van der Waals surface area contributed by atoms with Gasteiger partial charge < -0.3 is 10.6 Å². The van der Waals surface area contributed by atoms with Crippen molar-refractivity contribution in [2.75, 3.05) is 23.7 Å². The van der Waals surface area contributed by atoms with Crippen molar-refractivity contribution in [2.45, 2.75) is 39.5 Å². The molecule has 2 unspecified atom stereocenters. The van der Waals surface area contributed by atoms with Crippen LogP contribution in [0.15, 0.2) is 10.8 Å². The van der Waals surface area contributed by atoms with E-state index in [-0.39, 0.29) is 0 Å². The molecule has 1 heterocycles. The van der Waals surface area contributed by atoms with Crippen LogP contribution in [0, 0.1) is 11.8 Å². The molecule has 2 atom stereocenters. The van der Waals surface area contributed by atoms with Gasteiger partial charge in [-0.2, -0.15) is 0 Å². The second kappa shape index (κ2) is 7.08. The summed E-state index contributed by atoms with van der Waals surface area (Å²) in [6, 6.07) is 0. The maximum Gasteiger partial charge on any atom is 0.145 e. The first kappa shape index (κ1) is 14.6. The second-order valence-corrected chi connectivity index (χ2v) is 6.23. The summed E-state index contributed by atoms with van der Waals surface area (Å²) in [5.74, 6) is 3.39. The van der Waals surface area contributed by atoms with E-state index in [0.29, 0.717) is 0 Å². The SMILES string of the molecule is CCNc1ncnc(NCC2CCCC(C)C2)c1Br. The Morgan fingerprint density at radius 1 is 1.26 bits per heavy atom. The summed E-state index contributed by atoms with van der Waals surface area (Å²) >= 11 is 3.57. The van der Waals surface area contributed by atoms with Crippen LogP contribution in [-0.4, -0.2) is 23.1 Å². The number of nitrogens with one attached hydrogen (secondary N) is 2. The van der Waals surface area contributed by atoms with E-state index in [2.05, 4.69) is 50.4 Å². The van der Waals surface area contributed by atoms with Crippen LogP contribution in [0.4, 0.5) is 11.6 Å². The van der Waals surface area contributed by atoms with Gasteiger partial charge in [-0.1, -0.05) is 19.8 Å². The topological polar surface area (TPSA) is 49.8 Å². The number of halogens is 1. The van der Waals surface area contributed by atoms with E-state index >= 15 is 0 Å². The van der Waals surface area contributed by atoms with Crippen molar-refractivity contribution in [2.24, 2.45) is 11.8 Å². The summed E-state index contributed by atoms with van der Waals surface area (Å²) in [5, 5.41) is 6.69. The van der Waals surface area contributed by atoms with Crippen LogP contribution in [0.3, 0.4) is 0 Å². The van der Waals surface area contributed by atoms with E-state index in [1.54, 1.807) is 6.33 Å². The van der Waals surface area contributed by atoms with Gasteiger partial charge in [0.15, 0.2) is 0 Å². The minimum Gasteiger partial charge on any atom is -0.369 e. The van der Waals surface area contributed by atoms with Gasteiger partial charge in [-0.15, -0.1) is 0 Å². The summed E-state index contributed by atoms with van der Waals surface area (Å²) in [4.78, 5) is 8.54. The maximum atomic E-state index is 4.32. The van der Waals surface area contributed by atoms with E-state index in [0.717, 1.165) is 41.0 Å². The Morgan fingerprint density at radius 2 is 2.00 bits per heavy atom. The largest absolute Gasteiger partial charge is 0.369 e. The molecule has 2 N–H and O–H groups in total. The molecule has 1 fully saturated rings. The third kappa shape index (κ3) is 4.06. The Morgan fingerprint density at radius 3 is 2.68 bits per heavy atom. The van der Waals surface area contributed by atoms with Crippen molar-refractivity contribution in [3.63, 3.8) is 0 Å². The molecule has 106 valence electrons. The lowest BCUT2D eigenvalue weighted by atomic mass is 9.82. The second-order valence-electron chi connectivity index (χ2n) is 5.43. The molecule has 0 saturated heterocycles. The highest BCUT2D eigenvalue weighted by Crippen LogP contribution is 2.30. The Balaban J connectivity index is 1.93. The molecule has 0 spiro atoms. The molecule has 1 aromatic rings. The van der Waals surface area contributed by atoms with Crippen LogP contribution in [0.2, 0.25) is 0 Å². The lowest BCUT2D eigenvalue weighted by Gasteiger charge is -2.27. The summed E-state index contributed by atoms with van der Waals surface area (Å²) in [6.45, 7) is 6.28. The normalized spacial score (nSPS) is 23.1. The van der Waals surface area contributed by atoms with E-state index in [1.165, 1.54) is 25.7 Å². The minimum absolute atomic E-state index is 0.771. The molecule has 0 aromatic carbocycles. The molecule has 5 heteroatoms. The molecule has 19 heavy (non-hydrogen) atoms. The van der Waals surface area contributed by atoms with Crippen LogP contribution in [0.5, 0.6) is 0 Å². The van der Waals surface area contributed by atoms with Crippen molar-refractivity contribution in [1.29, 1.82) is 0 Å². The third-order valence-electron chi connectivity index (χ3n) is 3.74. The van der Waals surface area contributed by atoms with E-state index < -0.39 is 0 Å². The molecule has 1 aliphatic rings. The van der Waals surface area contributed by atoms with Crippen LogP contribution < -0.4 is 10.6 Å². The summed E-state index contributed by atoms with van der Waals surface area (Å²) < 4.78 is 0.931. The van der Waals surface area contributed by atoms with Crippen LogP contribution in [-0.2, 0) is 0 Å². The molecule has 1 aromatic heterocycles. The van der Waals surface area contributed by atoms with Gasteiger partial charge in [-0.25, -0.2) is 9.97 Å². The number of anilines is 2. The molecule has 0 bridgehead atoms. The number of rotatable bonds is 5. The third-order valence-corrected chi connectivity index (χ3v) is 4.49. The van der Waals surface area contributed by atoms with Gasteiger partial charge in [0.05, 0.1) is 0 Å². The average Bonchev–Trinajstić information content (AvgIpc) is 2.40. The first-order chi connectivity index (χ1) is 9.20. The Labute approximate surface area is 123 Å². The minimum atomic E-state index is 0.771. The van der Waals surface area contributed by atoms with Gasteiger partial charge >= 0.3 is 0 Å². The van der Waals surface area contributed by atoms with Gasteiger partial charge in [0, 0.05) is 13.1 Å². The maximum absolute atomic E-state index is 4.32. The lowest BCUT2D eigenvalue weighted by Crippen LogP contribution is -2.21. The van der Waals surface area contributed by atoms with Crippen LogP contribution in [0.25, 0.3) is 0 Å². The number of nitrogens with zero attached hydrogens (tertiary/aromatic N) is 2. The summed E-state index contributed by atoms with van der Waals surface area (Å²) in [6.07, 6.45) is 7.02. The molecular weight excluding hydrogens is 304 g/mol.